The lowest BCUT2D eigenvalue weighted by Gasteiger charge is -2.24. The minimum atomic E-state index is -1.45. The summed E-state index contributed by atoms with van der Waals surface area (Å²) in [5, 5.41) is 25.3. The van der Waals surface area contributed by atoms with Crippen LogP contribution < -0.4 is 33.2 Å². The highest BCUT2D eigenvalue weighted by Crippen LogP contribution is 2.06. The van der Waals surface area contributed by atoms with Crippen molar-refractivity contribution in [2.75, 3.05) is 19.6 Å². The molecule has 0 saturated heterocycles. The van der Waals surface area contributed by atoms with Crippen LogP contribution in [0.5, 0.6) is 0 Å². The van der Waals surface area contributed by atoms with Crippen LogP contribution in [0.4, 0.5) is 0 Å². The molecule has 0 saturated carbocycles. The number of carbonyl (C=O) groups excluding carboxylic acids is 3. The largest absolute Gasteiger partial charge is 0.481 e. The van der Waals surface area contributed by atoms with E-state index >= 15 is 0 Å². The van der Waals surface area contributed by atoms with Gasteiger partial charge in [-0.25, -0.2) is 4.79 Å². The topological polar surface area (TPSA) is 240 Å². The first-order valence-electron chi connectivity index (χ1n) is 10.1. The van der Waals surface area contributed by atoms with Crippen molar-refractivity contribution < 1.29 is 34.2 Å². The highest BCUT2D eigenvalue weighted by molar-refractivity contribution is 5.95. The van der Waals surface area contributed by atoms with Gasteiger partial charge in [0.25, 0.3) is 0 Å². The fourth-order valence-electron chi connectivity index (χ4n) is 2.69. The third-order valence-corrected chi connectivity index (χ3v) is 4.36. The molecule has 3 atom stereocenters. The van der Waals surface area contributed by atoms with E-state index in [-0.39, 0.29) is 12.8 Å². The lowest BCUT2D eigenvalue weighted by Crippen LogP contribution is -2.56. The van der Waals surface area contributed by atoms with Crippen molar-refractivity contribution in [3.8, 4) is 0 Å². The number of amides is 3. The van der Waals surface area contributed by atoms with E-state index < -0.39 is 60.8 Å². The van der Waals surface area contributed by atoms with Gasteiger partial charge in [0.05, 0.1) is 13.0 Å². The number of hydrogen-bond acceptors (Lipinski definition) is 8. The van der Waals surface area contributed by atoms with Gasteiger partial charge in [0.1, 0.15) is 18.1 Å². The van der Waals surface area contributed by atoms with Gasteiger partial charge in [-0.05, 0) is 51.6 Å². The number of rotatable bonds is 17. The van der Waals surface area contributed by atoms with Crippen LogP contribution in [0.2, 0.25) is 0 Å². The summed E-state index contributed by atoms with van der Waals surface area (Å²) < 4.78 is 0. The van der Waals surface area contributed by atoms with E-state index in [2.05, 4.69) is 16.0 Å². The quantitative estimate of drug-likeness (QED) is 0.107. The molecule has 0 aromatic carbocycles. The summed E-state index contributed by atoms with van der Waals surface area (Å²) in [5.74, 6) is -4.93. The summed E-state index contributed by atoms with van der Waals surface area (Å²) in [5.41, 5.74) is 16.0. The molecule has 178 valence electrons. The van der Waals surface area contributed by atoms with Crippen LogP contribution in [0.1, 0.15) is 44.9 Å². The number of unbranched alkanes of at least 4 members (excludes halogenated alkanes) is 2. The van der Waals surface area contributed by atoms with Crippen molar-refractivity contribution in [1.82, 2.24) is 16.0 Å². The first kappa shape index (κ1) is 28.2. The van der Waals surface area contributed by atoms with E-state index in [1.807, 2.05) is 0 Å². The Morgan fingerprint density at radius 1 is 0.677 bits per heavy atom. The summed E-state index contributed by atoms with van der Waals surface area (Å²) >= 11 is 0. The van der Waals surface area contributed by atoms with E-state index in [0.29, 0.717) is 38.8 Å². The summed E-state index contributed by atoms with van der Waals surface area (Å²) in [4.78, 5) is 59.2. The molecule has 0 fully saturated rings. The van der Waals surface area contributed by atoms with Gasteiger partial charge in [-0.2, -0.15) is 0 Å². The smallest absolute Gasteiger partial charge is 0.326 e. The molecule has 0 aliphatic carbocycles. The Labute approximate surface area is 180 Å². The Morgan fingerprint density at radius 3 is 1.61 bits per heavy atom. The van der Waals surface area contributed by atoms with Crippen molar-refractivity contribution in [3.05, 3.63) is 0 Å². The van der Waals surface area contributed by atoms with Crippen LogP contribution >= 0.6 is 0 Å². The zero-order chi connectivity index (χ0) is 23.8. The van der Waals surface area contributed by atoms with Gasteiger partial charge in [0, 0.05) is 0 Å². The summed E-state index contributed by atoms with van der Waals surface area (Å²) in [6, 6.07) is -3.75. The number of carboxylic acids is 2. The second-order valence-electron chi connectivity index (χ2n) is 6.95. The van der Waals surface area contributed by atoms with Crippen molar-refractivity contribution in [2.24, 2.45) is 17.2 Å². The Bertz CT molecular complexity index is 616. The summed E-state index contributed by atoms with van der Waals surface area (Å²) in [6.45, 7) is 0.289. The maximum atomic E-state index is 12.7. The third-order valence-electron chi connectivity index (χ3n) is 4.36. The second-order valence-corrected chi connectivity index (χ2v) is 6.95. The predicted molar refractivity (Wildman–Crippen MR) is 111 cm³/mol. The SMILES string of the molecule is NCCCCC(NC(=O)C(CCCCN)NC(=O)C(CC(=O)O)NC(=O)CN)C(=O)O. The van der Waals surface area contributed by atoms with E-state index in [1.54, 1.807) is 0 Å². The van der Waals surface area contributed by atoms with E-state index in [0.717, 1.165) is 0 Å². The maximum Gasteiger partial charge on any atom is 0.326 e. The molecule has 13 heteroatoms. The molecule has 0 aliphatic rings. The number of carbonyl (C=O) groups is 5. The average molecular weight is 447 g/mol. The van der Waals surface area contributed by atoms with Gasteiger partial charge in [-0.15, -0.1) is 0 Å². The molecule has 0 bridgehead atoms. The van der Waals surface area contributed by atoms with Gasteiger partial charge >= 0.3 is 11.9 Å². The Hall–Kier alpha value is -2.77. The van der Waals surface area contributed by atoms with Crippen LogP contribution in [0, 0.1) is 0 Å². The standard InChI is InChI=1S/C18H34N6O7/c19-7-3-1-5-11(16(28)24-12(18(30)31)6-2-4-8-20)23-17(29)13(9-15(26)27)22-14(25)10-21/h11-13H,1-10,19-21H2,(H,22,25)(H,23,29)(H,24,28)(H,26,27)(H,30,31). The lowest BCUT2D eigenvalue weighted by molar-refractivity contribution is -0.143. The molecule has 0 heterocycles. The molecule has 0 aromatic heterocycles. The van der Waals surface area contributed by atoms with Crippen LogP contribution in [0.15, 0.2) is 0 Å². The van der Waals surface area contributed by atoms with Gasteiger partial charge in [0.15, 0.2) is 0 Å². The van der Waals surface area contributed by atoms with Crippen molar-refractivity contribution in [3.63, 3.8) is 0 Å². The molecule has 0 spiro atoms. The van der Waals surface area contributed by atoms with Gasteiger partial charge in [-0.3, -0.25) is 19.2 Å². The minimum absolute atomic E-state index is 0.147. The molecule has 11 N–H and O–H groups in total. The highest BCUT2D eigenvalue weighted by atomic mass is 16.4. The molecule has 13 nitrogen and oxygen atoms in total. The normalized spacial score (nSPS) is 13.5. The van der Waals surface area contributed by atoms with Crippen LogP contribution in [-0.4, -0.2) is 77.6 Å². The molecular formula is C18H34N6O7. The average Bonchev–Trinajstić information content (AvgIpc) is 2.71. The predicted octanol–water partition coefficient (Wildman–Crippen LogP) is -2.78. The molecular weight excluding hydrogens is 412 g/mol. The first-order valence-corrected chi connectivity index (χ1v) is 10.1. The molecule has 0 aliphatic heterocycles. The summed E-state index contributed by atoms with van der Waals surface area (Å²) in [7, 11) is 0. The molecule has 0 radical (unpaired) electrons. The third kappa shape index (κ3) is 12.5. The van der Waals surface area contributed by atoms with E-state index in [1.165, 1.54) is 0 Å². The fraction of sp³-hybridized carbons (Fsp3) is 0.722. The zero-order valence-electron chi connectivity index (χ0n) is 17.5. The van der Waals surface area contributed by atoms with Crippen molar-refractivity contribution >= 4 is 29.7 Å². The first-order chi connectivity index (χ1) is 14.7. The second kappa shape index (κ2) is 16.0. The van der Waals surface area contributed by atoms with Crippen molar-refractivity contribution in [1.29, 1.82) is 0 Å². The van der Waals surface area contributed by atoms with Gasteiger partial charge < -0.3 is 43.4 Å². The van der Waals surface area contributed by atoms with Crippen LogP contribution in [0.3, 0.4) is 0 Å². The van der Waals surface area contributed by atoms with E-state index in [4.69, 9.17) is 22.3 Å². The highest BCUT2D eigenvalue weighted by Gasteiger charge is 2.30. The number of nitrogens with two attached hydrogens (primary N) is 3. The fourth-order valence-corrected chi connectivity index (χ4v) is 2.69. The molecule has 0 aromatic rings. The van der Waals surface area contributed by atoms with Crippen LogP contribution in [0.25, 0.3) is 0 Å². The summed E-state index contributed by atoms with van der Waals surface area (Å²) in [6.07, 6.45) is 1.69. The van der Waals surface area contributed by atoms with Gasteiger partial charge in [-0.1, -0.05) is 0 Å². The number of aliphatic carboxylic acids is 2. The monoisotopic (exact) mass is 446 g/mol. The molecule has 31 heavy (non-hydrogen) atoms. The van der Waals surface area contributed by atoms with E-state index in [9.17, 15) is 29.1 Å². The number of carboxylic acid groups (broad SMARTS) is 2. The van der Waals surface area contributed by atoms with Crippen molar-refractivity contribution in [2.45, 2.75) is 63.1 Å². The maximum absolute atomic E-state index is 12.7. The minimum Gasteiger partial charge on any atom is -0.481 e. The Balaban J connectivity index is 5.32. The zero-order valence-corrected chi connectivity index (χ0v) is 17.5. The Kier molecular flexibility index (Phi) is 14.6. The number of nitrogens with one attached hydrogen (secondary N) is 3. The lowest BCUT2D eigenvalue weighted by atomic mass is 10.0. The number of hydrogen-bond donors (Lipinski definition) is 8. The Morgan fingerprint density at radius 2 is 1.16 bits per heavy atom. The van der Waals surface area contributed by atoms with Crippen LogP contribution in [-0.2, 0) is 24.0 Å². The van der Waals surface area contributed by atoms with Gasteiger partial charge in [0.2, 0.25) is 17.7 Å². The molecule has 3 unspecified atom stereocenters. The molecule has 0 rings (SSSR count). The molecule has 3 amide bonds.